The highest BCUT2D eigenvalue weighted by atomic mass is 16.5. The van der Waals surface area contributed by atoms with E-state index >= 15 is 0 Å². The first-order valence-electron chi connectivity index (χ1n) is 5.47. The molecular formula is C11H12N6O. The molecule has 7 heteroatoms. The zero-order valence-corrected chi connectivity index (χ0v) is 9.79. The Morgan fingerprint density at radius 3 is 3.17 bits per heavy atom. The minimum absolute atomic E-state index is 0.430. The van der Waals surface area contributed by atoms with E-state index in [2.05, 4.69) is 20.4 Å². The van der Waals surface area contributed by atoms with Gasteiger partial charge >= 0.3 is 0 Å². The SMILES string of the molecule is Cc1cc(CNc2nc(N)cn3ccnc23)no1. The summed E-state index contributed by atoms with van der Waals surface area (Å²) in [6.45, 7) is 2.36. The van der Waals surface area contributed by atoms with Crippen molar-refractivity contribution in [2.45, 2.75) is 13.5 Å². The molecule has 0 aliphatic heterocycles. The maximum Gasteiger partial charge on any atom is 0.180 e. The maximum atomic E-state index is 5.72. The van der Waals surface area contributed by atoms with E-state index in [4.69, 9.17) is 10.3 Å². The molecule has 3 rings (SSSR count). The third-order valence-corrected chi connectivity index (χ3v) is 2.51. The minimum Gasteiger partial charge on any atom is -0.382 e. The van der Waals surface area contributed by atoms with E-state index < -0.39 is 0 Å². The van der Waals surface area contributed by atoms with E-state index in [0.717, 1.165) is 17.1 Å². The largest absolute Gasteiger partial charge is 0.382 e. The van der Waals surface area contributed by atoms with Crippen molar-refractivity contribution < 1.29 is 4.52 Å². The van der Waals surface area contributed by atoms with Gasteiger partial charge in [-0.2, -0.15) is 0 Å². The predicted molar refractivity (Wildman–Crippen MR) is 66.0 cm³/mol. The van der Waals surface area contributed by atoms with Crippen LogP contribution in [0.25, 0.3) is 5.65 Å². The molecule has 0 saturated heterocycles. The number of aryl methyl sites for hydroxylation is 1. The van der Waals surface area contributed by atoms with E-state index in [1.165, 1.54) is 0 Å². The lowest BCUT2D eigenvalue weighted by Gasteiger charge is -2.06. The number of imidazole rings is 1. The van der Waals surface area contributed by atoms with Crippen molar-refractivity contribution >= 4 is 17.3 Å². The fraction of sp³-hybridized carbons (Fsp3) is 0.182. The number of hydrogen-bond acceptors (Lipinski definition) is 6. The van der Waals surface area contributed by atoms with Crippen molar-refractivity contribution in [3.8, 4) is 0 Å². The van der Waals surface area contributed by atoms with Crippen LogP contribution in [0.3, 0.4) is 0 Å². The van der Waals surface area contributed by atoms with Gasteiger partial charge in [-0.25, -0.2) is 9.97 Å². The maximum absolute atomic E-state index is 5.72. The highest BCUT2D eigenvalue weighted by Crippen LogP contribution is 2.15. The van der Waals surface area contributed by atoms with Gasteiger partial charge < -0.3 is 20.0 Å². The van der Waals surface area contributed by atoms with Crippen molar-refractivity contribution in [2.24, 2.45) is 0 Å². The average Bonchev–Trinajstić information content (AvgIpc) is 2.94. The lowest BCUT2D eigenvalue weighted by atomic mass is 10.4. The Hall–Kier alpha value is -2.57. The summed E-state index contributed by atoms with van der Waals surface area (Å²) in [7, 11) is 0. The van der Waals surface area contributed by atoms with Gasteiger partial charge in [0.1, 0.15) is 17.3 Å². The van der Waals surface area contributed by atoms with Crippen LogP contribution in [0, 0.1) is 6.92 Å². The lowest BCUT2D eigenvalue weighted by molar-refractivity contribution is 0.391. The van der Waals surface area contributed by atoms with Crippen LogP contribution >= 0.6 is 0 Å². The van der Waals surface area contributed by atoms with E-state index in [1.807, 2.05) is 23.6 Å². The molecule has 0 spiro atoms. The molecule has 3 heterocycles. The third kappa shape index (κ3) is 1.86. The zero-order chi connectivity index (χ0) is 12.5. The van der Waals surface area contributed by atoms with Gasteiger partial charge in [-0.1, -0.05) is 5.16 Å². The summed E-state index contributed by atoms with van der Waals surface area (Å²) in [5.41, 5.74) is 7.26. The lowest BCUT2D eigenvalue weighted by Crippen LogP contribution is -2.06. The molecule has 0 fully saturated rings. The van der Waals surface area contributed by atoms with Crippen molar-refractivity contribution in [1.82, 2.24) is 19.5 Å². The molecule has 0 radical (unpaired) electrons. The number of nitrogens with zero attached hydrogens (tertiary/aromatic N) is 4. The van der Waals surface area contributed by atoms with E-state index in [0.29, 0.717) is 18.2 Å². The monoisotopic (exact) mass is 244 g/mol. The molecule has 18 heavy (non-hydrogen) atoms. The van der Waals surface area contributed by atoms with Crippen LogP contribution in [-0.2, 0) is 6.54 Å². The topological polar surface area (TPSA) is 94.3 Å². The van der Waals surface area contributed by atoms with Gasteiger partial charge in [0.15, 0.2) is 11.5 Å². The molecule has 0 aliphatic rings. The molecule has 3 aromatic rings. The number of nitrogens with one attached hydrogen (secondary N) is 1. The Bertz CT molecular complexity index is 686. The molecule has 0 aliphatic carbocycles. The Labute approximate surface area is 103 Å². The van der Waals surface area contributed by atoms with Crippen molar-refractivity contribution in [3.05, 3.63) is 36.1 Å². The van der Waals surface area contributed by atoms with E-state index in [1.54, 1.807) is 12.4 Å². The van der Waals surface area contributed by atoms with Crippen LogP contribution in [0.4, 0.5) is 11.6 Å². The Kier molecular flexibility index (Phi) is 2.36. The third-order valence-electron chi connectivity index (χ3n) is 2.51. The number of anilines is 2. The summed E-state index contributed by atoms with van der Waals surface area (Å²) >= 11 is 0. The van der Waals surface area contributed by atoms with Gasteiger partial charge in [-0.15, -0.1) is 0 Å². The summed E-state index contributed by atoms with van der Waals surface area (Å²) in [6.07, 6.45) is 5.23. The Morgan fingerprint density at radius 1 is 1.50 bits per heavy atom. The van der Waals surface area contributed by atoms with Crippen LogP contribution in [0.15, 0.2) is 29.2 Å². The quantitative estimate of drug-likeness (QED) is 0.719. The summed E-state index contributed by atoms with van der Waals surface area (Å²) in [5.74, 6) is 1.83. The second-order valence-electron chi connectivity index (χ2n) is 3.95. The molecule has 0 atom stereocenters. The smallest absolute Gasteiger partial charge is 0.180 e. The molecule has 3 N–H and O–H groups in total. The molecule has 92 valence electrons. The van der Waals surface area contributed by atoms with Gasteiger partial charge in [0.25, 0.3) is 0 Å². The van der Waals surface area contributed by atoms with Gasteiger partial charge in [0, 0.05) is 18.5 Å². The normalized spacial score (nSPS) is 10.9. The second-order valence-corrected chi connectivity index (χ2v) is 3.95. The van der Waals surface area contributed by atoms with Crippen molar-refractivity contribution in [2.75, 3.05) is 11.1 Å². The number of fused-ring (bicyclic) bond motifs is 1. The first-order valence-corrected chi connectivity index (χ1v) is 5.47. The Morgan fingerprint density at radius 2 is 2.39 bits per heavy atom. The molecule has 0 amide bonds. The van der Waals surface area contributed by atoms with E-state index in [9.17, 15) is 0 Å². The van der Waals surface area contributed by atoms with Crippen molar-refractivity contribution in [3.63, 3.8) is 0 Å². The molecule has 7 nitrogen and oxygen atoms in total. The van der Waals surface area contributed by atoms with Crippen LogP contribution < -0.4 is 11.1 Å². The number of rotatable bonds is 3. The highest BCUT2D eigenvalue weighted by molar-refractivity contribution is 5.64. The number of nitrogen functional groups attached to an aromatic ring is 1. The summed E-state index contributed by atoms with van der Waals surface area (Å²) in [5, 5.41) is 7.04. The standard InChI is InChI=1S/C11H12N6O/c1-7-4-8(16-18-7)5-14-10-11-13-2-3-17(11)6-9(12)15-10/h2-4,6H,5,12H2,1H3,(H,14,15). The number of nitrogens with two attached hydrogens (primary N) is 1. The summed E-state index contributed by atoms with van der Waals surface area (Å²) < 4.78 is 6.81. The molecule has 0 saturated carbocycles. The number of hydrogen-bond donors (Lipinski definition) is 2. The molecule has 0 bridgehead atoms. The molecule has 0 aromatic carbocycles. The van der Waals surface area contributed by atoms with E-state index in [-0.39, 0.29) is 0 Å². The number of aromatic nitrogens is 4. The molecule has 0 unspecified atom stereocenters. The zero-order valence-electron chi connectivity index (χ0n) is 9.79. The predicted octanol–water partition coefficient (Wildman–Crippen LogP) is 1.22. The average molecular weight is 244 g/mol. The van der Waals surface area contributed by atoms with Gasteiger partial charge in [0.05, 0.1) is 12.7 Å². The van der Waals surface area contributed by atoms with Crippen LogP contribution in [0.1, 0.15) is 11.5 Å². The summed E-state index contributed by atoms with van der Waals surface area (Å²) in [4.78, 5) is 8.44. The van der Waals surface area contributed by atoms with Gasteiger partial charge in [-0.3, -0.25) is 0 Å². The van der Waals surface area contributed by atoms with Crippen molar-refractivity contribution in [1.29, 1.82) is 0 Å². The fourth-order valence-corrected chi connectivity index (χ4v) is 1.75. The van der Waals surface area contributed by atoms with Crippen LogP contribution in [0.2, 0.25) is 0 Å². The van der Waals surface area contributed by atoms with Crippen LogP contribution in [0.5, 0.6) is 0 Å². The van der Waals surface area contributed by atoms with Gasteiger partial charge in [-0.05, 0) is 6.92 Å². The molecular weight excluding hydrogens is 232 g/mol. The highest BCUT2D eigenvalue weighted by Gasteiger charge is 2.07. The summed E-state index contributed by atoms with van der Waals surface area (Å²) in [6, 6.07) is 1.86. The first kappa shape index (κ1) is 10.6. The second kappa shape index (κ2) is 4.02. The first-order chi connectivity index (χ1) is 8.72. The van der Waals surface area contributed by atoms with Crippen LogP contribution in [-0.4, -0.2) is 19.5 Å². The Balaban J connectivity index is 1.87. The molecule has 3 aromatic heterocycles. The minimum atomic E-state index is 0.430. The fourth-order valence-electron chi connectivity index (χ4n) is 1.75. The van der Waals surface area contributed by atoms with Gasteiger partial charge in [0.2, 0.25) is 0 Å².